The van der Waals surface area contributed by atoms with Gasteiger partial charge in [-0.1, -0.05) is 97.1 Å². The standard InChI is InChI=1S/C23H20.2ClH.Zr/c1-2-6-20(5-1)22-13-9-18(10-14-22)17-19-11-15-23(16-12-19)21-7-3-4-8-21;;;/h1-16,20-21H,17H2;2*1H;/q;;;+2/p-2. The summed E-state index contributed by atoms with van der Waals surface area (Å²) >= 11 is -0.826. The fraction of sp³-hybridized carbons (Fsp3) is 0.130. The Hall–Kier alpha value is -1.14. The molecule has 0 aromatic heterocycles. The minimum atomic E-state index is -0.826. The molecular weight excluding hydrogens is 438 g/mol. The summed E-state index contributed by atoms with van der Waals surface area (Å²) in [5, 5.41) is 0. The van der Waals surface area contributed by atoms with E-state index < -0.39 is 20.8 Å². The van der Waals surface area contributed by atoms with Gasteiger partial charge in [0.15, 0.2) is 0 Å². The Morgan fingerprint density at radius 3 is 1.19 bits per heavy atom. The average molecular weight is 459 g/mol. The molecule has 3 heteroatoms. The number of halogens is 2. The van der Waals surface area contributed by atoms with Gasteiger partial charge in [-0.2, -0.15) is 0 Å². The molecule has 0 amide bonds. The fourth-order valence-corrected chi connectivity index (χ4v) is 3.26. The molecule has 0 fully saturated rings. The van der Waals surface area contributed by atoms with Crippen molar-refractivity contribution in [1.82, 2.24) is 0 Å². The van der Waals surface area contributed by atoms with E-state index >= 15 is 0 Å². The summed E-state index contributed by atoms with van der Waals surface area (Å²) in [4.78, 5) is 0. The second-order valence-electron chi connectivity index (χ2n) is 6.32. The van der Waals surface area contributed by atoms with Gasteiger partial charge >= 0.3 is 37.9 Å². The molecule has 2 aromatic carbocycles. The molecular formula is C23H20Cl2Zr. The van der Waals surface area contributed by atoms with Crippen molar-refractivity contribution in [3.05, 3.63) is 119 Å². The summed E-state index contributed by atoms with van der Waals surface area (Å²) in [5.41, 5.74) is 5.48. The van der Waals surface area contributed by atoms with Gasteiger partial charge in [0, 0.05) is 11.8 Å². The Labute approximate surface area is 174 Å². The Kier molecular flexibility index (Phi) is 7.74. The fourth-order valence-electron chi connectivity index (χ4n) is 3.26. The minimum absolute atomic E-state index is 0.454. The van der Waals surface area contributed by atoms with Crippen LogP contribution in [0.15, 0.2) is 97.1 Å². The summed E-state index contributed by atoms with van der Waals surface area (Å²) in [6.45, 7) is 0. The zero-order chi connectivity index (χ0) is 18.2. The molecule has 130 valence electrons. The normalized spacial score (nSPS) is 15.3. The summed E-state index contributed by atoms with van der Waals surface area (Å²) < 4.78 is 0. The molecule has 2 aliphatic carbocycles. The first-order valence-electron chi connectivity index (χ1n) is 8.64. The topological polar surface area (TPSA) is 0 Å². The van der Waals surface area contributed by atoms with Gasteiger partial charge in [0.25, 0.3) is 0 Å². The van der Waals surface area contributed by atoms with E-state index in [0.717, 1.165) is 6.42 Å². The Morgan fingerprint density at radius 1 is 0.577 bits per heavy atom. The van der Waals surface area contributed by atoms with E-state index in [1.165, 1.54) is 22.3 Å². The monoisotopic (exact) mass is 456 g/mol. The van der Waals surface area contributed by atoms with Crippen molar-refractivity contribution in [3.8, 4) is 0 Å². The van der Waals surface area contributed by atoms with Crippen LogP contribution in [0.4, 0.5) is 0 Å². The molecule has 4 rings (SSSR count). The van der Waals surface area contributed by atoms with E-state index in [2.05, 4.69) is 97.1 Å². The quantitative estimate of drug-likeness (QED) is 0.460. The molecule has 0 saturated carbocycles. The summed E-state index contributed by atoms with van der Waals surface area (Å²) in [5.74, 6) is 0.909. The molecule has 0 bridgehead atoms. The zero-order valence-corrected chi connectivity index (χ0v) is 18.3. The molecule has 0 heterocycles. The molecule has 0 nitrogen and oxygen atoms in total. The van der Waals surface area contributed by atoms with E-state index in [1.807, 2.05) is 0 Å². The van der Waals surface area contributed by atoms with Crippen LogP contribution in [0.2, 0.25) is 0 Å². The van der Waals surface area contributed by atoms with E-state index in [9.17, 15) is 0 Å². The summed E-state index contributed by atoms with van der Waals surface area (Å²) in [6.07, 6.45) is 18.4. The molecule has 0 saturated heterocycles. The van der Waals surface area contributed by atoms with Crippen LogP contribution in [-0.2, 0) is 27.3 Å². The van der Waals surface area contributed by atoms with Crippen molar-refractivity contribution < 1.29 is 20.8 Å². The van der Waals surface area contributed by atoms with Gasteiger partial charge in [0.05, 0.1) is 0 Å². The van der Waals surface area contributed by atoms with Gasteiger partial charge in [0.2, 0.25) is 0 Å². The number of hydrogen-bond acceptors (Lipinski definition) is 0. The Bertz CT molecular complexity index is 721. The maximum absolute atomic E-state index is 4.93. The first kappa shape index (κ1) is 19.6. The number of rotatable bonds is 4. The summed E-state index contributed by atoms with van der Waals surface area (Å²) in [7, 11) is 9.87. The Morgan fingerprint density at radius 2 is 0.885 bits per heavy atom. The van der Waals surface area contributed by atoms with Crippen LogP contribution in [0.5, 0.6) is 0 Å². The van der Waals surface area contributed by atoms with Crippen molar-refractivity contribution >= 4 is 17.0 Å². The molecule has 0 radical (unpaired) electrons. The van der Waals surface area contributed by atoms with Gasteiger partial charge < -0.3 is 0 Å². The number of allylic oxidation sites excluding steroid dienone is 8. The van der Waals surface area contributed by atoms with Gasteiger partial charge in [-0.3, -0.25) is 0 Å². The van der Waals surface area contributed by atoms with Crippen molar-refractivity contribution in [2.24, 2.45) is 0 Å². The van der Waals surface area contributed by atoms with Crippen LogP contribution in [0.3, 0.4) is 0 Å². The molecule has 0 N–H and O–H groups in total. The van der Waals surface area contributed by atoms with Gasteiger partial charge in [0.1, 0.15) is 0 Å². The van der Waals surface area contributed by atoms with Crippen LogP contribution >= 0.6 is 17.0 Å². The molecule has 0 unspecified atom stereocenters. The SMILES string of the molecule is C1=CC(c2ccc(Cc3ccc(C4C=CC=C4)cc3)cc2)C=C1.[Cl][Zr][Cl]. The predicted molar refractivity (Wildman–Crippen MR) is 109 cm³/mol. The molecule has 0 spiro atoms. The van der Waals surface area contributed by atoms with Crippen molar-refractivity contribution in [1.29, 1.82) is 0 Å². The molecule has 2 aromatic rings. The van der Waals surface area contributed by atoms with Crippen LogP contribution in [0.25, 0.3) is 0 Å². The molecule has 26 heavy (non-hydrogen) atoms. The van der Waals surface area contributed by atoms with E-state index in [0.29, 0.717) is 11.8 Å². The zero-order valence-electron chi connectivity index (χ0n) is 14.4. The van der Waals surface area contributed by atoms with Crippen molar-refractivity contribution in [2.75, 3.05) is 0 Å². The third-order valence-corrected chi connectivity index (χ3v) is 4.63. The number of hydrogen-bond donors (Lipinski definition) is 0. The van der Waals surface area contributed by atoms with Crippen LogP contribution in [0.1, 0.15) is 34.1 Å². The first-order valence-corrected chi connectivity index (χ1v) is 15.0. The molecule has 0 atom stereocenters. The second-order valence-corrected chi connectivity index (χ2v) is 10.1. The predicted octanol–water partition coefficient (Wildman–Crippen LogP) is 7.07. The third kappa shape index (κ3) is 5.43. The van der Waals surface area contributed by atoms with Crippen molar-refractivity contribution in [2.45, 2.75) is 18.3 Å². The van der Waals surface area contributed by atoms with E-state index in [1.54, 1.807) is 0 Å². The van der Waals surface area contributed by atoms with Crippen LogP contribution in [0, 0.1) is 0 Å². The first-order chi connectivity index (χ1) is 12.8. The second kappa shape index (κ2) is 10.3. The maximum atomic E-state index is 4.93. The van der Waals surface area contributed by atoms with Crippen LogP contribution in [-0.4, -0.2) is 0 Å². The van der Waals surface area contributed by atoms with E-state index in [-0.39, 0.29) is 0 Å². The molecule has 2 aliphatic rings. The Balaban J connectivity index is 0.000000613. The summed E-state index contributed by atoms with van der Waals surface area (Å²) in [6, 6.07) is 18.0. The number of benzene rings is 2. The van der Waals surface area contributed by atoms with Crippen molar-refractivity contribution in [3.63, 3.8) is 0 Å². The van der Waals surface area contributed by atoms with E-state index in [4.69, 9.17) is 17.0 Å². The van der Waals surface area contributed by atoms with Gasteiger partial charge in [-0.05, 0) is 28.7 Å². The third-order valence-electron chi connectivity index (χ3n) is 4.63. The van der Waals surface area contributed by atoms with Gasteiger partial charge in [-0.25, -0.2) is 0 Å². The average Bonchev–Trinajstić information content (AvgIpc) is 3.38. The van der Waals surface area contributed by atoms with Gasteiger partial charge in [-0.15, -0.1) is 0 Å². The van der Waals surface area contributed by atoms with Crippen LogP contribution < -0.4 is 0 Å². The molecule has 0 aliphatic heterocycles.